The number of anilines is 2. The van der Waals surface area contributed by atoms with Gasteiger partial charge in [0.05, 0.1) is 24.1 Å². The van der Waals surface area contributed by atoms with Crippen LogP contribution in [0.25, 0.3) is 22.4 Å². The van der Waals surface area contributed by atoms with Gasteiger partial charge in [-0.2, -0.15) is 4.73 Å². The molecule has 2 aromatic carbocycles. The summed E-state index contributed by atoms with van der Waals surface area (Å²) in [5, 5.41) is 19.0. The summed E-state index contributed by atoms with van der Waals surface area (Å²) in [5.74, 6) is -2.21. The molecule has 0 spiro atoms. The van der Waals surface area contributed by atoms with Crippen molar-refractivity contribution in [2.75, 3.05) is 17.7 Å². The van der Waals surface area contributed by atoms with Gasteiger partial charge in [0.2, 0.25) is 11.6 Å². The number of hydrogen-bond acceptors (Lipinski definition) is 6. The van der Waals surface area contributed by atoms with Gasteiger partial charge in [-0.05, 0) is 62.2 Å². The molecular formula is C31H29F4N5O5. The lowest BCUT2D eigenvalue weighted by Crippen LogP contribution is -2.34. The molecule has 2 atom stereocenters. The number of aromatic amines is 1. The van der Waals surface area contributed by atoms with Crippen LogP contribution in [0.15, 0.2) is 54.7 Å². The lowest BCUT2D eigenvalue weighted by atomic mass is 9.92. The topological polar surface area (TPSA) is 132 Å². The Morgan fingerprint density at radius 3 is 2.60 bits per heavy atom. The Morgan fingerprint density at radius 1 is 1.11 bits per heavy atom. The highest BCUT2D eigenvalue weighted by atomic mass is 19.4. The lowest BCUT2D eigenvalue weighted by molar-refractivity contribution is -0.614. The van der Waals surface area contributed by atoms with E-state index in [0.717, 1.165) is 24.4 Å². The fraction of sp³-hybridized carbons (Fsp3) is 0.290. The summed E-state index contributed by atoms with van der Waals surface area (Å²) in [7, 11) is 1.23. The number of benzene rings is 2. The zero-order chi connectivity index (χ0) is 32.5. The Labute approximate surface area is 255 Å². The van der Waals surface area contributed by atoms with E-state index in [1.807, 2.05) is 0 Å². The Kier molecular flexibility index (Phi) is 8.66. The smallest absolute Gasteiger partial charge is 0.573 e. The summed E-state index contributed by atoms with van der Waals surface area (Å²) in [5.41, 5.74) is 2.55. The zero-order valence-corrected chi connectivity index (χ0v) is 24.4. The Balaban J connectivity index is 1.57. The van der Waals surface area contributed by atoms with E-state index in [9.17, 15) is 32.4 Å². The SMILES string of the molecule is COC(=O)Nc1ccc2c(c1)NC(=O)[C@H](C)CCC[C@@H](c1ccc(-c3cc(F)ccc3OC(F)(F)F)c[n+]1[O-])c1nc-2c(C)[nH]1. The number of aromatic nitrogens is 3. The van der Waals surface area contributed by atoms with Crippen LogP contribution in [0.1, 0.15) is 49.3 Å². The van der Waals surface area contributed by atoms with Gasteiger partial charge in [0, 0.05) is 34.5 Å². The van der Waals surface area contributed by atoms with Crippen LogP contribution in [0, 0.1) is 23.9 Å². The van der Waals surface area contributed by atoms with Crippen molar-refractivity contribution in [2.45, 2.75) is 45.4 Å². The molecule has 236 valence electrons. The number of nitrogens with one attached hydrogen (secondary N) is 3. The predicted molar refractivity (Wildman–Crippen MR) is 156 cm³/mol. The standard InChI is InChI=1S/C31H29F4N5O5/c1-16-5-4-6-22(25-11-7-18(15-40(25)43)23-13-19(32)8-12-26(23)45-31(33,34)35)28-36-17(2)27(39-28)21-10-9-20(37-30(42)44-3)14-24(21)38-29(16)41/h7-16,22H,4-6H2,1-3H3,(H,36,39)(H,37,42)(H,38,41)/t16-,22+/m1/s1. The molecule has 0 aliphatic carbocycles. The van der Waals surface area contributed by atoms with Crippen LogP contribution in [0.5, 0.6) is 5.75 Å². The number of methoxy groups -OCH3 is 1. The maximum atomic E-state index is 14.0. The number of aryl methyl sites for hydroxylation is 1. The summed E-state index contributed by atoms with van der Waals surface area (Å²) in [4.78, 5) is 33.0. The first-order valence-corrected chi connectivity index (χ1v) is 14.0. The van der Waals surface area contributed by atoms with Crippen molar-refractivity contribution in [1.29, 1.82) is 0 Å². The molecule has 1 aliphatic heterocycles. The van der Waals surface area contributed by atoms with Crippen LogP contribution < -0.4 is 20.1 Å². The largest absolute Gasteiger partial charge is 0.618 e. The number of halogens is 4. The summed E-state index contributed by atoms with van der Waals surface area (Å²) in [6.45, 7) is 3.57. The number of amides is 2. The minimum atomic E-state index is -5.02. The van der Waals surface area contributed by atoms with Gasteiger partial charge in [0.1, 0.15) is 23.3 Å². The lowest BCUT2D eigenvalue weighted by Gasteiger charge is -2.19. The number of fused-ring (bicyclic) bond motifs is 4. The molecule has 0 saturated heterocycles. The number of ether oxygens (including phenoxy) is 2. The monoisotopic (exact) mass is 627 g/mol. The summed E-state index contributed by atoms with van der Waals surface area (Å²) < 4.78 is 62.3. The van der Waals surface area contributed by atoms with Gasteiger partial charge in [-0.3, -0.25) is 10.1 Å². The van der Waals surface area contributed by atoms with Gasteiger partial charge in [0.15, 0.2) is 6.20 Å². The van der Waals surface area contributed by atoms with Gasteiger partial charge in [-0.1, -0.05) is 13.3 Å². The summed E-state index contributed by atoms with van der Waals surface area (Å²) in [6.07, 6.45) is -3.20. The second-order valence-corrected chi connectivity index (χ2v) is 10.7. The summed E-state index contributed by atoms with van der Waals surface area (Å²) in [6, 6.07) is 10.4. The number of H-pyrrole nitrogens is 1. The number of rotatable bonds is 4. The van der Waals surface area contributed by atoms with Crippen molar-refractivity contribution in [3.05, 3.63) is 83.0 Å². The second kappa shape index (κ2) is 12.5. The highest BCUT2D eigenvalue weighted by Crippen LogP contribution is 2.38. The van der Waals surface area contributed by atoms with E-state index in [1.165, 1.54) is 19.2 Å². The van der Waals surface area contributed by atoms with Crippen LogP contribution in [0.2, 0.25) is 0 Å². The quantitative estimate of drug-likeness (QED) is 0.130. The molecular weight excluding hydrogens is 598 g/mol. The van der Waals surface area contributed by atoms with Crippen molar-refractivity contribution in [3.63, 3.8) is 0 Å². The molecule has 10 nitrogen and oxygen atoms in total. The van der Waals surface area contributed by atoms with Crippen LogP contribution in [-0.4, -0.2) is 35.4 Å². The first-order chi connectivity index (χ1) is 21.3. The number of hydrogen-bond donors (Lipinski definition) is 3. The average Bonchev–Trinajstić information content (AvgIpc) is 3.36. The summed E-state index contributed by atoms with van der Waals surface area (Å²) >= 11 is 0. The van der Waals surface area contributed by atoms with Gasteiger partial charge < -0.3 is 25.0 Å². The highest BCUT2D eigenvalue weighted by Gasteiger charge is 2.33. The normalized spacial score (nSPS) is 16.9. The second-order valence-electron chi connectivity index (χ2n) is 10.7. The number of alkyl halides is 3. The molecule has 2 aromatic heterocycles. The third-order valence-electron chi connectivity index (χ3n) is 7.55. The van der Waals surface area contributed by atoms with E-state index in [2.05, 4.69) is 25.1 Å². The maximum Gasteiger partial charge on any atom is 0.573 e. The molecule has 45 heavy (non-hydrogen) atoms. The first-order valence-electron chi connectivity index (χ1n) is 14.0. The molecule has 5 rings (SSSR count). The molecule has 0 radical (unpaired) electrons. The minimum Gasteiger partial charge on any atom is -0.618 e. The maximum absolute atomic E-state index is 14.0. The number of imidazole rings is 1. The molecule has 0 saturated carbocycles. The molecule has 3 N–H and O–H groups in total. The third-order valence-corrected chi connectivity index (χ3v) is 7.55. The molecule has 2 amide bonds. The molecule has 14 heteroatoms. The van der Waals surface area contributed by atoms with Gasteiger partial charge in [0.25, 0.3) is 0 Å². The van der Waals surface area contributed by atoms with Crippen molar-refractivity contribution >= 4 is 23.4 Å². The highest BCUT2D eigenvalue weighted by molar-refractivity contribution is 5.98. The predicted octanol–water partition coefficient (Wildman–Crippen LogP) is 6.79. The molecule has 0 unspecified atom stereocenters. The molecule has 2 bridgehead atoms. The minimum absolute atomic E-state index is 0.0209. The van der Waals surface area contributed by atoms with Crippen LogP contribution in [0.3, 0.4) is 0 Å². The molecule has 3 heterocycles. The van der Waals surface area contributed by atoms with Crippen LogP contribution in [-0.2, 0) is 9.53 Å². The van der Waals surface area contributed by atoms with E-state index in [1.54, 1.807) is 32.0 Å². The van der Waals surface area contributed by atoms with Crippen molar-refractivity contribution in [3.8, 4) is 28.1 Å². The van der Waals surface area contributed by atoms with Crippen molar-refractivity contribution in [2.24, 2.45) is 5.92 Å². The first kappa shape index (κ1) is 31.3. The zero-order valence-electron chi connectivity index (χ0n) is 24.4. The average molecular weight is 628 g/mol. The fourth-order valence-electron chi connectivity index (χ4n) is 5.31. The fourth-order valence-corrected chi connectivity index (χ4v) is 5.31. The van der Waals surface area contributed by atoms with Crippen molar-refractivity contribution < 1.29 is 41.4 Å². The van der Waals surface area contributed by atoms with E-state index in [0.29, 0.717) is 58.1 Å². The Morgan fingerprint density at radius 2 is 1.89 bits per heavy atom. The van der Waals surface area contributed by atoms with Crippen LogP contribution >= 0.6 is 0 Å². The van der Waals surface area contributed by atoms with Crippen molar-refractivity contribution in [1.82, 2.24) is 9.97 Å². The number of carbonyl (C=O) groups excluding carboxylic acids is 2. The third kappa shape index (κ3) is 7.00. The van der Waals surface area contributed by atoms with E-state index in [4.69, 9.17) is 4.98 Å². The number of pyridine rings is 1. The number of carbonyl (C=O) groups is 2. The van der Waals surface area contributed by atoms with Crippen LogP contribution in [0.4, 0.5) is 33.7 Å². The van der Waals surface area contributed by atoms with E-state index in [-0.39, 0.29) is 22.7 Å². The molecule has 1 aliphatic rings. The van der Waals surface area contributed by atoms with Gasteiger partial charge in [-0.25, -0.2) is 14.2 Å². The molecule has 0 fully saturated rings. The Bertz CT molecular complexity index is 1760. The van der Waals surface area contributed by atoms with Gasteiger partial charge >= 0.3 is 12.5 Å². The van der Waals surface area contributed by atoms with E-state index < -0.39 is 35.9 Å². The Hall–Kier alpha value is -5.14. The molecule has 4 aromatic rings. The van der Waals surface area contributed by atoms with E-state index >= 15 is 0 Å². The van der Waals surface area contributed by atoms with Gasteiger partial charge in [-0.15, -0.1) is 13.2 Å². The number of nitrogens with zero attached hydrogens (tertiary/aromatic N) is 2.